The molecule has 4 heteroatoms. The lowest BCUT2D eigenvalue weighted by Gasteiger charge is -2.09. The molecular weight excluding hydrogens is 130 g/mol. The molecule has 0 fully saturated rings. The lowest BCUT2D eigenvalue weighted by molar-refractivity contribution is 0.258. The topological polar surface area (TPSA) is 64.1 Å². The summed E-state index contributed by atoms with van der Waals surface area (Å²) in [5.74, 6) is 0. The summed E-state index contributed by atoms with van der Waals surface area (Å²) in [6.45, 7) is 0.0905. The second-order valence-electron chi connectivity index (χ2n) is 2.01. The Balaban J connectivity index is 2.50. The smallest absolute Gasteiger partial charge is 0.177 e. The third kappa shape index (κ3) is 1.55. The maximum atomic E-state index is 8.51. The van der Waals surface area contributed by atoms with Crippen molar-refractivity contribution in [3.05, 3.63) is 18.7 Å². The van der Waals surface area contributed by atoms with Gasteiger partial charge in [-0.1, -0.05) is 0 Å². The first-order chi connectivity index (χ1) is 4.84. The SMILES string of the molecule is NC(CCO)n1[c]ncc1. The standard InChI is InChI=1S/C6H10N3O/c7-6(1-4-10)9-3-2-8-5-9/h2-3,6,10H,1,4,7H2. The maximum absolute atomic E-state index is 8.51. The van der Waals surface area contributed by atoms with Crippen LogP contribution < -0.4 is 5.73 Å². The molecule has 0 aliphatic carbocycles. The van der Waals surface area contributed by atoms with Crippen LogP contribution in [0.25, 0.3) is 0 Å². The van der Waals surface area contributed by atoms with E-state index in [9.17, 15) is 0 Å². The molecule has 0 aliphatic rings. The minimum Gasteiger partial charge on any atom is -0.396 e. The Morgan fingerprint density at radius 2 is 2.60 bits per heavy atom. The van der Waals surface area contributed by atoms with Crippen molar-refractivity contribution in [2.24, 2.45) is 5.73 Å². The van der Waals surface area contributed by atoms with E-state index in [4.69, 9.17) is 10.8 Å². The first-order valence-electron chi connectivity index (χ1n) is 3.11. The lowest BCUT2D eigenvalue weighted by atomic mass is 10.4. The van der Waals surface area contributed by atoms with Gasteiger partial charge in [-0.25, -0.2) is 4.98 Å². The molecule has 0 spiro atoms. The monoisotopic (exact) mass is 140 g/mol. The van der Waals surface area contributed by atoms with E-state index in [2.05, 4.69) is 11.3 Å². The zero-order chi connectivity index (χ0) is 7.40. The molecule has 1 rings (SSSR count). The molecule has 0 aliphatic heterocycles. The molecule has 1 aromatic rings. The van der Waals surface area contributed by atoms with Crippen LogP contribution in [0, 0.1) is 6.33 Å². The highest BCUT2D eigenvalue weighted by atomic mass is 16.3. The van der Waals surface area contributed by atoms with Gasteiger partial charge in [-0.05, 0) is 0 Å². The summed E-state index contributed by atoms with van der Waals surface area (Å²) < 4.78 is 1.64. The average molecular weight is 140 g/mol. The molecule has 10 heavy (non-hydrogen) atoms. The van der Waals surface area contributed by atoms with Crippen molar-refractivity contribution < 1.29 is 5.11 Å². The van der Waals surface area contributed by atoms with Crippen LogP contribution in [0.15, 0.2) is 12.4 Å². The number of rotatable bonds is 3. The van der Waals surface area contributed by atoms with Gasteiger partial charge in [-0.2, -0.15) is 0 Å². The normalized spacial score (nSPS) is 13.4. The third-order valence-electron chi connectivity index (χ3n) is 1.26. The number of nitrogens with two attached hydrogens (primary N) is 1. The van der Waals surface area contributed by atoms with Crippen LogP contribution >= 0.6 is 0 Å². The summed E-state index contributed by atoms with van der Waals surface area (Å²) >= 11 is 0. The number of hydrogen-bond donors (Lipinski definition) is 2. The van der Waals surface area contributed by atoms with E-state index < -0.39 is 0 Å². The largest absolute Gasteiger partial charge is 0.396 e. The molecule has 4 nitrogen and oxygen atoms in total. The quantitative estimate of drug-likeness (QED) is 0.596. The Labute approximate surface area is 59.3 Å². The van der Waals surface area contributed by atoms with Crippen molar-refractivity contribution in [2.75, 3.05) is 6.61 Å². The van der Waals surface area contributed by atoms with Crippen molar-refractivity contribution in [3.63, 3.8) is 0 Å². The van der Waals surface area contributed by atoms with Gasteiger partial charge in [0.2, 0.25) is 0 Å². The van der Waals surface area contributed by atoms with Crippen LogP contribution in [0.5, 0.6) is 0 Å². The Hall–Kier alpha value is -0.870. The molecule has 55 valence electrons. The van der Waals surface area contributed by atoms with E-state index in [1.807, 2.05) is 0 Å². The zero-order valence-electron chi connectivity index (χ0n) is 5.57. The van der Waals surface area contributed by atoms with Crippen LogP contribution in [0.2, 0.25) is 0 Å². The molecule has 1 heterocycles. The van der Waals surface area contributed by atoms with E-state index in [0.29, 0.717) is 6.42 Å². The summed E-state index contributed by atoms with van der Waals surface area (Å²) in [6.07, 6.45) is 6.32. The predicted octanol–water partition coefficient (Wildman–Crippen LogP) is -0.477. The number of imidazole rings is 1. The van der Waals surface area contributed by atoms with Gasteiger partial charge >= 0.3 is 0 Å². The Morgan fingerprint density at radius 3 is 3.10 bits per heavy atom. The van der Waals surface area contributed by atoms with Crippen molar-refractivity contribution in [1.29, 1.82) is 0 Å². The predicted molar refractivity (Wildman–Crippen MR) is 36.0 cm³/mol. The average Bonchev–Trinajstić information content (AvgIpc) is 2.38. The van der Waals surface area contributed by atoms with E-state index in [-0.39, 0.29) is 12.8 Å². The second kappa shape index (κ2) is 3.34. The molecule has 0 aromatic carbocycles. The van der Waals surface area contributed by atoms with Crippen LogP contribution in [0.4, 0.5) is 0 Å². The number of aliphatic hydroxyl groups is 1. The van der Waals surface area contributed by atoms with Crippen molar-refractivity contribution >= 4 is 0 Å². The fourth-order valence-electron chi connectivity index (χ4n) is 0.695. The van der Waals surface area contributed by atoms with Gasteiger partial charge < -0.3 is 15.4 Å². The van der Waals surface area contributed by atoms with Gasteiger partial charge in [-0.3, -0.25) is 0 Å². The highest BCUT2D eigenvalue weighted by molar-refractivity contribution is 4.76. The van der Waals surface area contributed by atoms with Gasteiger partial charge in [0, 0.05) is 25.4 Å². The Bertz CT molecular complexity index is 173. The molecule has 1 atom stereocenters. The maximum Gasteiger partial charge on any atom is 0.177 e. The molecular formula is C6H10N3O. The van der Waals surface area contributed by atoms with Crippen LogP contribution in [0.1, 0.15) is 12.6 Å². The first kappa shape index (κ1) is 7.24. The van der Waals surface area contributed by atoms with Gasteiger partial charge in [0.15, 0.2) is 6.33 Å². The Kier molecular flexibility index (Phi) is 2.42. The van der Waals surface area contributed by atoms with Crippen molar-refractivity contribution in [2.45, 2.75) is 12.6 Å². The van der Waals surface area contributed by atoms with Gasteiger partial charge in [0.05, 0.1) is 6.17 Å². The summed E-state index contributed by atoms with van der Waals surface area (Å²) in [4.78, 5) is 3.70. The summed E-state index contributed by atoms with van der Waals surface area (Å²) in [5, 5.41) is 8.51. The number of aromatic nitrogens is 2. The van der Waals surface area contributed by atoms with Crippen LogP contribution in [-0.2, 0) is 0 Å². The summed E-state index contributed by atoms with van der Waals surface area (Å²) in [5.41, 5.74) is 5.58. The molecule has 0 saturated heterocycles. The molecule has 3 N–H and O–H groups in total. The highest BCUT2D eigenvalue weighted by Gasteiger charge is 2.01. The zero-order valence-corrected chi connectivity index (χ0v) is 5.57. The van der Waals surface area contributed by atoms with E-state index in [1.165, 1.54) is 0 Å². The number of hydrogen-bond acceptors (Lipinski definition) is 3. The van der Waals surface area contributed by atoms with E-state index >= 15 is 0 Å². The Morgan fingerprint density at radius 1 is 1.80 bits per heavy atom. The van der Waals surface area contributed by atoms with Crippen LogP contribution in [0.3, 0.4) is 0 Å². The fourth-order valence-corrected chi connectivity index (χ4v) is 0.695. The fraction of sp³-hybridized carbons (Fsp3) is 0.500. The van der Waals surface area contributed by atoms with Crippen molar-refractivity contribution in [3.8, 4) is 0 Å². The third-order valence-corrected chi connectivity index (χ3v) is 1.26. The second-order valence-corrected chi connectivity index (χ2v) is 2.01. The minimum atomic E-state index is -0.201. The first-order valence-corrected chi connectivity index (χ1v) is 3.11. The van der Waals surface area contributed by atoms with Crippen LogP contribution in [-0.4, -0.2) is 21.3 Å². The molecule has 0 amide bonds. The van der Waals surface area contributed by atoms with Gasteiger partial charge in [-0.15, -0.1) is 0 Å². The molecule has 0 saturated carbocycles. The molecule has 1 radical (unpaired) electrons. The lowest BCUT2D eigenvalue weighted by Crippen LogP contribution is -2.18. The van der Waals surface area contributed by atoms with Gasteiger partial charge in [0.25, 0.3) is 0 Å². The van der Waals surface area contributed by atoms with E-state index in [0.717, 1.165) is 0 Å². The molecule has 1 unspecified atom stereocenters. The molecule has 1 aromatic heterocycles. The summed E-state index contributed by atoms with van der Waals surface area (Å²) in [7, 11) is 0. The highest BCUT2D eigenvalue weighted by Crippen LogP contribution is 2.00. The van der Waals surface area contributed by atoms with E-state index in [1.54, 1.807) is 17.0 Å². The minimum absolute atomic E-state index is 0.0905. The summed E-state index contributed by atoms with van der Waals surface area (Å²) in [6, 6.07) is 0. The van der Waals surface area contributed by atoms with Gasteiger partial charge in [0.1, 0.15) is 0 Å². The van der Waals surface area contributed by atoms with Crippen molar-refractivity contribution in [1.82, 2.24) is 9.55 Å². The number of nitrogens with zero attached hydrogens (tertiary/aromatic N) is 2. The number of aliphatic hydroxyl groups excluding tert-OH is 1. The molecule has 0 bridgehead atoms.